The van der Waals surface area contributed by atoms with Crippen LogP contribution in [0.15, 0.2) is 12.1 Å². The first kappa shape index (κ1) is 13.6. The van der Waals surface area contributed by atoms with Crippen molar-refractivity contribution in [2.75, 3.05) is 5.73 Å². The second kappa shape index (κ2) is 4.10. The van der Waals surface area contributed by atoms with E-state index in [1.54, 1.807) is 0 Å². The number of hydrogen-bond acceptors (Lipinski definition) is 2. The fraction of sp³-hybridized carbons (Fsp3) is 0.333. The van der Waals surface area contributed by atoms with E-state index in [1.807, 2.05) is 0 Å². The molecule has 1 aromatic rings. The highest BCUT2D eigenvalue weighted by Crippen LogP contribution is 2.43. The number of nitrogens with two attached hydrogens (primary N) is 1. The van der Waals surface area contributed by atoms with Crippen molar-refractivity contribution in [2.45, 2.75) is 19.0 Å². The summed E-state index contributed by atoms with van der Waals surface area (Å²) in [7, 11) is 0. The Morgan fingerprint density at radius 2 is 1.53 bits per heavy atom. The van der Waals surface area contributed by atoms with Crippen LogP contribution >= 0.6 is 0 Å². The molecule has 0 bridgehead atoms. The molecular formula is C9H7F6NO. The van der Waals surface area contributed by atoms with E-state index in [4.69, 9.17) is 10.8 Å². The van der Waals surface area contributed by atoms with Gasteiger partial charge in [0.1, 0.15) is 0 Å². The Labute approximate surface area is 91.7 Å². The molecule has 0 unspecified atom stereocenters. The molecule has 0 aliphatic carbocycles. The normalized spacial score (nSPS) is 12.9. The van der Waals surface area contributed by atoms with Gasteiger partial charge < -0.3 is 10.8 Å². The molecule has 0 aliphatic rings. The predicted molar refractivity (Wildman–Crippen MR) is 46.8 cm³/mol. The number of rotatable bonds is 1. The Morgan fingerprint density at radius 1 is 1.00 bits per heavy atom. The van der Waals surface area contributed by atoms with Gasteiger partial charge in [-0.25, -0.2) is 0 Å². The van der Waals surface area contributed by atoms with Gasteiger partial charge in [-0.3, -0.25) is 0 Å². The molecule has 0 saturated carbocycles. The van der Waals surface area contributed by atoms with E-state index in [1.165, 1.54) is 0 Å². The topological polar surface area (TPSA) is 46.2 Å². The van der Waals surface area contributed by atoms with E-state index in [0.29, 0.717) is 6.07 Å². The Hall–Kier alpha value is -1.44. The van der Waals surface area contributed by atoms with Crippen LogP contribution in [-0.2, 0) is 19.0 Å². The monoisotopic (exact) mass is 259 g/mol. The Morgan fingerprint density at radius 3 is 1.88 bits per heavy atom. The fourth-order valence-corrected chi connectivity index (χ4v) is 1.36. The highest BCUT2D eigenvalue weighted by atomic mass is 19.4. The first-order valence-electron chi connectivity index (χ1n) is 4.25. The van der Waals surface area contributed by atoms with Gasteiger partial charge in [-0.05, 0) is 17.7 Å². The standard InChI is InChI=1S/C9H7F6NO/c10-8(11,12)5-1-4(3-17)2-6(16)7(5)9(13,14)15/h1-2,17H,3,16H2. The van der Waals surface area contributed by atoms with E-state index >= 15 is 0 Å². The second-order valence-electron chi connectivity index (χ2n) is 3.26. The molecule has 0 aromatic heterocycles. The summed E-state index contributed by atoms with van der Waals surface area (Å²) in [5.74, 6) is 0. The summed E-state index contributed by atoms with van der Waals surface area (Å²) < 4.78 is 74.6. The third kappa shape index (κ3) is 2.82. The molecule has 8 heteroatoms. The van der Waals surface area contributed by atoms with Gasteiger partial charge in [-0.1, -0.05) is 0 Å². The summed E-state index contributed by atoms with van der Waals surface area (Å²) in [6.45, 7) is -0.828. The fourth-order valence-electron chi connectivity index (χ4n) is 1.36. The van der Waals surface area contributed by atoms with Gasteiger partial charge in [0.15, 0.2) is 0 Å². The van der Waals surface area contributed by atoms with Gasteiger partial charge in [0, 0.05) is 5.69 Å². The number of aliphatic hydroxyl groups is 1. The van der Waals surface area contributed by atoms with Crippen LogP contribution in [0.3, 0.4) is 0 Å². The lowest BCUT2D eigenvalue weighted by Gasteiger charge is -2.18. The van der Waals surface area contributed by atoms with Crippen molar-refractivity contribution in [3.05, 3.63) is 28.8 Å². The minimum atomic E-state index is -5.21. The molecule has 1 aromatic carbocycles. The molecular weight excluding hydrogens is 252 g/mol. The Balaban J connectivity index is 3.58. The average molecular weight is 259 g/mol. The van der Waals surface area contributed by atoms with Crippen LogP contribution in [0.5, 0.6) is 0 Å². The lowest BCUT2D eigenvalue weighted by atomic mass is 10.0. The lowest BCUT2D eigenvalue weighted by molar-refractivity contribution is -0.161. The van der Waals surface area contributed by atoms with Gasteiger partial charge in [0.05, 0.1) is 17.7 Å². The highest BCUT2D eigenvalue weighted by molar-refractivity contribution is 5.56. The highest BCUT2D eigenvalue weighted by Gasteiger charge is 2.44. The van der Waals surface area contributed by atoms with Gasteiger partial charge in [0.25, 0.3) is 0 Å². The number of alkyl halides is 6. The minimum absolute atomic E-state index is 0.235. The van der Waals surface area contributed by atoms with E-state index in [-0.39, 0.29) is 11.6 Å². The van der Waals surface area contributed by atoms with Crippen molar-refractivity contribution in [1.29, 1.82) is 0 Å². The lowest BCUT2D eigenvalue weighted by Crippen LogP contribution is -2.19. The zero-order valence-corrected chi connectivity index (χ0v) is 8.15. The third-order valence-corrected chi connectivity index (χ3v) is 2.00. The van der Waals surface area contributed by atoms with Crippen molar-refractivity contribution in [1.82, 2.24) is 0 Å². The predicted octanol–water partition coefficient (Wildman–Crippen LogP) is 2.80. The molecule has 17 heavy (non-hydrogen) atoms. The van der Waals surface area contributed by atoms with Crippen LogP contribution in [0.2, 0.25) is 0 Å². The number of benzene rings is 1. The molecule has 0 radical (unpaired) electrons. The molecule has 96 valence electrons. The summed E-state index contributed by atoms with van der Waals surface area (Å²) in [5, 5.41) is 8.64. The molecule has 0 fully saturated rings. The molecule has 2 nitrogen and oxygen atoms in total. The van der Waals surface area contributed by atoms with E-state index in [2.05, 4.69) is 0 Å². The maximum absolute atomic E-state index is 12.4. The molecule has 0 amide bonds. The Kier molecular flexibility index (Phi) is 3.28. The number of hydrogen-bond donors (Lipinski definition) is 2. The third-order valence-electron chi connectivity index (χ3n) is 2.00. The molecule has 1 rings (SSSR count). The van der Waals surface area contributed by atoms with E-state index in [0.717, 1.165) is 0 Å². The summed E-state index contributed by atoms with van der Waals surface area (Å²) in [4.78, 5) is 0. The summed E-state index contributed by atoms with van der Waals surface area (Å²) >= 11 is 0. The smallest absolute Gasteiger partial charge is 0.398 e. The molecule has 0 atom stereocenters. The number of nitrogen functional groups attached to an aromatic ring is 1. The van der Waals surface area contributed by atoms with Crippen LogP contribution in [0.25, 0.3) is 0 Å². The zero-order valence-electron chi connectivity index (χ0n) is 8.15. The average Bonchev–Trinajstić information content (AvgIpc) is 2.12. The number of anilines is 1. The molecule has 0 saturated heterocycles. The maximum atomic E-state index is 12.4. The van der Waals surface area contributed by atoms with Crippen LogP contribution < -0.4 is 5.73 Å². The van der Waals surface area contributed by atoms with Gasteiger partial charge in [-0.2, -0.15) is 26.3 Å². The largest absolute Gasteiger partial charge is 0.418 e. The first-order valence-corrected chi connectivity index (χ1v) is 4.25. The van der Waals surface area contributed by atoms with Crippen molar-refractivity contribution < 1.29 is 31.4 Å². The maximum Gasteiger partial charge on any atom is 0.418 e. The van der Waals surface area contributed by atoms with Crippen LogP contribution in [0.1, 0.15) is 16.7 Å². The van der Waals surface area contributed by atoms with Crippen molar-refractivity contribution in [3.63, 3.8) is 0 Å². The zero-order chi connectivity index (χ0) is 13.4. The summed E-state index contributed by atoms with van der Waals surface area (Å²) in [6.07, 6.45) is -10.4. The minimum Gasteiger partial charge on any atom is -0.398 e. The van der Waals surface area contributed by atoms with Gasteiger partial charge in [-0.15, -0.1) is 0 Å². The molecule has 0 aliphatic heterocycles. The van der Waals surface area contributed by atoms with Gasteiger partial charge in [0.2, 0.25) is 0 Å². The van der Waals surface area contributed by atoms with E-state index in [9.17, 15) is 26.3 Å². The van der Waals surface area contributed by atoms with Crippen molar-refractivity contribution >= 4 is 5.69 Å². The first-order chi connectivity index (χ1) is 7.57. The van der Waals surface area contributed by atoms with Gasteiger partial charge >= 0.3 is 12.4 Å². The summed E-state index contributed by atoms with van der Waals surface area (Å²) in [5.41, 5.74) is -0.263. The second-order valence-corrected chi connectivity index (χ2v) is 3.26. The van der Waals surface area contributed by atoms with Crippen LogP contribution in [0, 0.1) is 0 Å². The number of halogens is 6. The summed E-state index contributed by atoms with van der Waals surface area (Å²) in [6, 6.07) is 0.900. The quantitative estimate of drug-likeness (QED) is 0.601. The van der Waals surface area contributed by atoms with Crippen molar-refractivity contribution in [2.24, 2.45) is 0 Å². The molecule has 3 N–H and O–H groups in total. The van der Waals surface area contributed by atoms with Crippen LogP contribution in [-0.4, -0.2) is 5.11 Å². The van der Waals surface area contributed by atoms with Crippen molar-refractivity contribution in [3.8, 4) is 0 Å². The van der Waals surface area contributed by atoms with E-state index < -0.39 is 35.8 Å². The van der Waals surface area contributed by atoms with Crippen LogP contribution in [0.4, 0.5) is 32.0 Å². The molecule has 0 spiro atoms. The SMILES string of the molecule is Nc1cc(CO)cc(C(F)(F)F)c1C(F)(F)F. The molecule has 0 heterocycles. The number of aliphatic hydroxyl groups excluding tert-OH is 1. The Bertz CT molecular complexity index is 423.